The number of nitrogens with zero attached hydrogens (tertiary/aromatic N) is 1. The van der Waals surface area contributed by atoms with Gasteiger partial charge in [0.15, 0.2) is 0 Å². The zero-order valence-electron chi connectivity index (χ0n) is 15.3. The molecular weight excluding hydrogens is 364 g/mol. The molecule has 0 unspecified atom stereocenters. The molecule has 7 heteroatoms. The molecule has 144 valence electrons. The molecule has 1 aromatic heterocycles. The average Bonchev–Trinajstić information content (AvgIpc) is 3.38. The largest absolute Gasteiger partial charge is 0.494 e. The number of rotatable bonds is 8. The Kier molecular flexibility index (Phi) is 6.70. The monoisotopic (exact) mass is 388 g/mol. The van der Waals surface area contributed by atoms with Gasteiger partial charge in [-0.2, -0.15) is 0 Å². The van der Waals surface area contributed by atoms with Gasteiger partial charge in [-0.05, 0) is 55.5 Å². The lowest BCUT2D eigenvalue weighted by Crippen LogP contribution is -2.46. The van der Waals surface area contributed by atoms with Gasteiger partial charge in [-0.1, -0.05) is 6.07 Å². The van der Waals surface area contributed by atoms with Crippen molar-refractivity contribution >= 4 is 23.2 Å². The van der Waals surface area contributed by atoms with Gasteiger partial charge in [0, 0.05) is 6.54 Å². The molecule has 0 spiro atoms. The Balaban J connectivity index is 1.44. The number of ether oxygens (including phenoxy) is 2. The Morgan fingerprint density at radius 1 is 1.19 bits per heavy atom. The van der Waals surface area contributed by atoms with Crippen LogP contribution >= 0.6 is 11.3 Å². The highest BCUT2D eigenvalue weighted by molar-refractivity contribution is 7.12. The Morgan fingerprint density at radius 2 is 1.93 bits per heavy atom. The number of hydrogen-bond donors (Lipinski definition) is 1. The molecule has 0 aliphatic carbocycles. The van der Waals surface area contributed by atoms with E-state index in [1.165, 1.54) is 11.3 Å². The lowest BCUT2D eigenvalue weighted by molar-refractivity contribution is -0.124. The summed E-state index contributed by atoms with van der Waals surface area (Å²) in [6, 6.07) is 10.6. The summed E-state index contributed by atoms with van der Waals surface area (Å²) in [6.45, 7) is 3.94. The molecular formula is C20H24N2O4S. The summed E-state index contributed by atoms with van der Waals surface area (Å²) in [5, 5.41) is 4.75. The van der Waals surface area contributed by atoms with Gasteiger partial charge in [0.2, 0.25) is 5.91 Å². The Hall–Kier alpha value is -2.54. The summed E-state index contributed by atoms with van der Waals surface area (Å²) in [7, 11) is 0. The molecule has 6 nitrogen and oxygen atoms in total. The second kappa shape index (κ2) is 9.41. The Bertz CT molecular complexity index is 746. The first-order valence-electron chi connectivity index (χ1n) is 9.17. The summed E-state index contributed by atoms with van der Waals surface area (Å²) in [5.74, 6) is 1.35. The molecule has 2 aromatic rings. The molecule has 2 amide bonds. The topological polar surface area (TPSA) is 67.9 Å². The van der Waals surface area contributed by atoms with E-state index < -0.39 is 6.04 Å². The maximum atomic E-state index is 12.5. The lowest BCUT2D eigenvalue weighted by Gasteiger charge is -2.23. The minimum atomic E-state index is -0.398. The molecule has 27 heavy (non-hydrogen) atoms. The molecule has 0 saturated carbocycles. The van der Waals surface area contributed by atoms with E-state index in [1.54, 1.807) is 11.0 Å². The molecule has 1 aliphatic rings. The van der Waals surface area contributed by atoms with Crippen LogP contribution in [-0.2, 0) is 4.79 Å². The third kappa shape index (κ3) is 5.01. The summed E-state index contributed by atoms with van der Waals surface area (Å²) in [6.07, 6.45) is 1.54. The smallest absolute Gasteiger partial charge is 0.264 e. The number of hydrogen-bond acceptors (Lipinski definition) is 5. The van der Waals surface area contributed by atoms with E-state index in [0.29, 0.717) is 37.6 Å². The van der Waals surface area contributed by atoms with Crippen LogP contribution in [0.4, 0.5) is 0 Å². The summed E-state index contributed by atoms with van der Waals surface area (Å²) < 4.78 is 11.0. The van der Waals surface area contributed by atoms with Crippen LogP contribution < -0.4 is 14.8 Å². The highest BCUT2D eigenvalue weighted by atomic mass is 32.1. The van der Waals surface area contributed by atoms with Crippen LogP contribution in [0, 0.1) is 0 Å². The van der Waals surface area contributed by atoms with Gasteiger partial charge < -0.3 is 19.7 Å². The van der Waals surface area contributed by atoms with Crippen molar-refractivity contribution in [3.05, 3.63) is 46.7 Å². The van der Waals surface area contributed by atoms with Crippen LogP contribution in [0.2, 0.25) is 0 Å². The lowest BCUT2D eigenvalue weighted by atomic mass is 10.2. The quantitative estimate of drug-likeness (QED) is 0.706. The van der Waals surface area contributed by atoms with Gasteiger partial charge in [0.05, 0.1) is 18.0 Å². The molecule has 1 aromatic carbocycles. The molecule has 0 radical (unpaired) electrons. The van der Waals surface area contributed by atoms with Crippen LogP contribution in [-0.4, -0.2) is 49.1 Å². The minimum Gasteiger partial charge on any atom is -0.494 e. The van der Waals surface area contributed by atoms with Gasteiger partial charge in [-0.25, -0.2) is 0 Å². The highest BCUT2D eigenvalue weighted by Gasteiger charge is 2.34. The van der Waals surface area contributed by atoms with Crippen molar-refractivity contribution in [3.63, 3.8) is 0 Å². The summed E-state index contributed by atoms with van der Waals surface area (Å²) in [5.41, 5.74) is 0. The maximum Gasteiger partial charge on any atom is 0.264 e. The minimum absolute atomic E-state index is 0.0618. The van der Waals surface area contributed by atoms with Crippen molar-refractivity contribution < 1.29 is 19.1 Å². The molecule has 1 fully saturated rings. The second-order valence-corrected chi connectivity index (χ2v) is 7.13. The Labute approximate surface area is 163 Å². The first-order valence-corrected chi connectivity index (χ1v) is 10.0. The number of carbonyl (C=O) groups is 2. The SMILES string of the molecule is CCOc1ccc(OCCNC(=O)[C@H]2CCCN2C(=O)c2cccs2)cc1. The van der Waals surface area contributed by atoms with Crippen molar-refractivity contribution in [2.24, 2.45) is 0 Å². The number of thiophene rings is 1. The first kappa shape index (κ1) is 19.2. The third-order valence-corrected chi connectivity index (χ3v) is 5.21. The predicted molar refractivity (Wildman–Crippen MR) is 104 cm³/mol. The Morgan fingerprint density at radius 3 is 2.59 bits per heavy atom. The van der Waals surface area contributed by atoms with E-state index in [4.69, 9.17) is 9.47 Å². The predicted octanol–water partition coefficient (Wildman–Crippen LogP) is 2.95. The fourth-order valence-electron chi connectivity index (χ4n) is 3.08. The van der Waals surface area contributed by atoms with Gasteiger partial charge >= 0.3 is 0 Å². The number of likely N-dealkylation sites (tertiary alicyclic amines) is 1. The van der Waals surface area contributed by atoms with Crippen LogP contribution in [0.15, 0.2) is 41.8 Å². The van der Waals surface area contributed by atoms with E-state index in [-0.39, 0.29) is 11.8 Å². The van der Waals surface area contributed by atoms with E-state index in [1.807, 2.05) is 42.6 Å². The van der Waals surface area contributed by atoms with Crippen molar-refractivity contribution in [1.82, 2.24) is 10.2 Å². The standard InChI is InChI=1S/C20H24N2O4S/c1-2-25-15-7-9-16(10-8-15)26-13-11-21-19(23)17-5-3-12-22(17)20(24)18-6-4-14-27-18/h4,6-10,14,17H,2-3,5,11-13H2,1H3,(H,21,23)/t17-/m1/s1. The average molecular weight is 388 g/mol. The molecule has 1 saturated heterocycles. The zero-order chi connectivity index (χ0) is 19.1. The number of nitrogens with one attached hydrogen (secondary N) is 1. The van der Waals surface area contributed by atoms with Crippen molar-refractivity contribution in [1.29, 1.82) is 0 Å². The summed E-state index contributed by atoms with van der Waals surface area (Å²) in [4.78, 5) is 27.4. The van der Waals surface area contributed by atoms with Crippen LogP contribution in [0.25, 0.3) is 0 Å². The molecule has 1 atom stereocenters. The first-order chi connectivity index (χ1) is 13.2. The number of amides is 2. The van der Waals surface area contributed by atoms with Gasteiger partial charge in [0.1, 0.15) is 24.1 Å². The van der Waals surface area contributed by atoms with E-state index in [2.05, 4.69) is 5.32 Å². The third-order valence-electron chi connectivity index (χ3n) is 4.35. The van der Waals surface area contributed by atoms with E-state index in [0.717, 1.165) is 17.9 Å². The van der Waals surface area contributed by atoms with Crippen molar-refractivity contribution in [2.75, 3.05) is 26.3 Å². The number of benzene rings is 1. The molecule has 1 aliphatic heterocycles. The van der Waals surface area contributed by atoms with Crippen LogP contribution in [0.1, 0.15) is 29.4 Å². The highest BCUT2D eigenvalue weighted by Crippen LogP contribution is 2.22. The number of carbonyl (C=O) groups excluding carboxylic acids is 2. The summed E-state index contributed by atoms with van der Waals surface area (Å²) >= 11 is 1.40. The molecule has 1 N–H and O–H groups in total. The van der Waals surface area contributed by atoms with E-state index >= 15 is 0 Å². The van der Waals surface area contributed by atoms with Gasteiger partial charge in [0.25, 0.3) is 5.91 Å². The molecule has 2 heterocycles. The van der Waals surface area contributed by atoms with Crippen molar-refractivity contribution in [2.45, 2.75) is 25.8 Å². The van der Waals surface area contributed by atoms with E-state index in [9.17, 15) is 9.59 Å². The zero-order valence-corrected chi connectivity index (χ0v) is 16.2. The molecule has 3 rings (SSSR count). The van der Waals surface area contributed by atoms with Gasteiger partial charge in [-0.3, -0.25) is 9.59 Å². The fourth-order valence-corrected chi connectivity index (χ4v) is 3.76. The normalized spacial score (nSPS) is 16.2. The maximum absolute atomic E-state index is 12.5. The van der Waals surface area contributed by atoms with Crippen LogP contribution in [0.3, 0.4) is 0 Å². The fraction of sp³-hybridized carbons (Fsp3) is 0.400. The van der Waals surface area contributed by atoms with Crippen molar-refractivity contribution in [3.8, 4) is 11.5 Å². The van der Waals surface area contributed by atoms with Crippen LogP contribution in [0.5, 0.6) is 11.5 Å². The second-order valence-electron chi connectivity index (χ2n) is 6.18. The molecule has 0 bridgehead atoms. The van der Waals surface area contributed by atoms with Gasteiger partial charge in [-0.15, -0.1) is 11.3 Å².